The lowest BCUT2D eigenvalue weighted by atomic mass is 10.1. The van der Waals surface area contributed by atoms with E-state index < -0.39 is 15.9 Å². The SMILES string of the molecule is C=CC(O)c1ccccc1S(C)(=O)=O. The Balaban J connectivity index is 3.37. The molecule has 0 aliphatic carbocycles. The summed E-state index contributed by atoms with van der Waals surface area (Å²) >= 11 is 0. The van der Waals surface area contributed by atoms with Crippen molar-refractivity contribution in [2.75, 3.05) is 6.26 Å². The molecule has 0 aliphatic rings. The molecule has 0 aromatic heterocycles. The number of sulfone groups is 1. The van der Waals surface area contributed by atoms with Crippen molar-refractivity contribution in [3.05, 3.63) is 42.5 Å². The molecule has 0 amide bonds. The van der Waals surface area contributed by atoms with Crippen molar-refractivity contribution in [3.8, 4) is 0 Å². The van der Waals surface area contributed by atoms with Crippen molar-refractivity contribution in [3.63, 3.8) is 0 Å². The largest absolute Gasteiger partial charge is 0.384 e. The van der Waals surface area contributed by atoms with Crippen LogP contribution in [0.2, 0.25) is 0 Å². The zero-order valence-corrected chi connectivity index (χ0v) is 8.66. The van der Waals surface area contributed by atoms with Crippen LogP contribution >= 0.6 is 0 Å². The number of benzene rings is 1. The van der Waals surface area contributed by atoms with Gasteiger partial charge in [0.25, 0.3) is 0 Å². The van der Waals surface area contributed by atoms with Crippen molar-refractivity contribution < 1.29 is 13.5 Å². The second-order valence-electron chi connectivity index (χ2n) is 2.99. The fraction of sp³-hybridized carbons (Fsp3) is 0.200. The molecule has 0 fully saturated rings. The first kappa shape index (κ1) is 10.9. The third-order valence-corrected chi connectivity index (χ3v) is 3.03. The van der Waals surface area contributed by atoms with Gasteiger partial charge in [-0.1, -0.05) is 24.3 Å². The lowest BCUT2D eigenvalue weighted by Crippen LogP contribution is -2.04. The van der Waals surface area contributed by atoms with Gasteiger partial charge < -0.3 is 5.11 Å². The number of hydrogen-bond acceptors (Lipinski definition) is 3. The van der Waals surface area contributed by atoms with Gasteiger partial charge in [-0.25, -0.2) is 8.42 Å². The average Bonchev–Trinajstić information content (AvgIpc) is 2.15. The van der Waals surface area contributed by atoms with E-state index in [1.807, 2.05) is 0 Å². The van der Waals surface area contributed by atoms with E-state index in [2.05, 4.69) is 6.58 Å². The predicted molar refractivity (Wildman–Crippen MR) is 54.7 cm³/mol. The molecule has 1 atom stereocenters. The summed E-state index contributed by atoms with van der Waals surface area (Å²) in [6, 6.07) is 6.34. The number of hydrogen-bond donors (Lipinski definition) is 1. The molecule has 1 aromatic carbocycles. The molecule has 76 valence electrons. The second-order valence-corrected chi connectivity index (χ2v) is 4.97. The van der Waals surface area contributed by atoms with Crippen LogP contribution in [0.15, 0.2) is 41.8 Å². The number of rotatable bonds is 3. The third-order valence-electron chi connectivity index (χ3n) is 1.86. The van der Waals surface area contributed by atoms with E-state index in [0.717, 1.165) is 6.26 Å². The van der Waals surface area contributed by atoms with Crippen molar-refractivity contribution in [1.29, 1.82) is 0 Å². The summed E-state index contributed by atoms with van der Waals surface area (Å²) in [6.45, 7) is 3.42. The van der Waals surface area contributed by atoms with E-state index in [1.54, 1.807) is 18.2 Å². The maximum atomic E-state index is 11.3. The molecule has 0 radical (unpaired) electrons. The molecule has 14 heavy (non-hydrogen) atoms. The Morgan fingerprint density at radius 1 is 1.43 bits per heavy atom. The standard InChI is InChI=1S/C10H12O3S/c1-3-9(11)8-6-4-5-7-10(8)14(2,12)13/h3-7,9,11H,1H2,2H3. The minimum atomic E-state index is -3.30. The molecule has 0 saturated carbocycles. The van der Waals surface area contributed by atoms with E-state index in [0.29, 0.717) is 5.56 Å². The van der Waals surface area contributed by atoms with Crippen molar-refractivity contribution in [1.82, 2.24) is 0 Å². The van der Waals surface area contributed by atoms with Crippen molar-refractivity contribution in [2.45, 2.75) is 11.0 Å². The Bertz CT molecular complexity index is 434. The van der Waals surface area contributed by atoms with Gasteiger partial charge in [-0.2, -0.15) is 0 Å². The highest BCUT2D eigenvalue weighted by molar-refractivity contribution is 7.90. The molecule has 0 saturated heterocycles. The first-order valence-electron chi connectivity index (χ1n) is 4.06. The van der Waals surface area contributed by atoms with Gasteiger partial charge in [-0.15, -0.1) is 6.58 Å². The summed E-state index contributed by atoms with van der Waals surface area (Å²) in [4.78, 5) is 0.146. The highest BCUT2D eigenvalue weighted by Crippen LogP contribution is 2.22. The Morgan fingerprint density at radius 3 is 2.50 bits per heavy atom. The van der Waals surface area contributed by atoms with Crippen LogP contribution in [0.3, 0.4) is 0 Å². The molecule has 0 aliphatic heterocycles. The summed E-state index contributed by atoms with van der Waals surface area (Å²) in [7, 11) is -3.30. The molecule has 1 N–H and O–H groups in total. The van der Waals surface area contributed by atoms with Gasteiger partial charge in [0.05, 0.1) is 11.0 Å². The van der Waals surface area contributed by atoms with Gasteiger partial charge in [-0.05, 0) is 6.07 Å². The molecular formula is C10H12O3S. The lowest BCUT2D eigenvalue weighted by molar-refractivity contribution is 0.226. The Hall–Kier alpha value is -1.13. The summed E-state index contributed by atoms with van der Waals surface area (Å²) in [5.74, 6) is 0. The highest BCUT2D eigenvalue weighted by Gasteiger charge is 2.15. The summed E-state index contributed by atoms with van der Waals surface area (Å²) in [5.41, 5.74) is 0.366. The average molecular weight is 212 g/mol. The molecule has 0 spiro atoms. The van der Waals surface area contributed by atoms with Gasteiger partial charge in [0, 0.05) is 11.8 Å². The van der Waals surface area contributed by atoms with Gasteiger partial charge >= 0.3 is 0 Å². The fourth-order valence-electron chi connectivity index (χ4n) is 1.19. The second kappa shape index (κ2) is 3.94. The van der Waals surface area contributed by atoms with E-state index in [4.69, 9.17) is 0 Å². The quantitative estimate of drug-likeness (QED) is 0.768. The van der Waals surface area contributed by atoms with Crippen molar-refractivity contribution >= 4 is 9.84 Å². The molecule has 0 heterocycles. The van der Waals surface area contributed by atoms with Crippen LogP contribution in [0.25, 0.3) is 0 Å². The first-order chi connectivity index (χ1) is 6.46. The van der Waals surface area contributed by atoms with Crippen LogP contribution in [0.4, 0.5) is 0 Å². The van der Waals surface area contributed by atoms with E-state index in [1.165, 1.54) is 12.1 Å². The third kappa shape index (κ3) is 2.21. The van der Waals surface area contributed by atoms with Gasteiger partial charge in [-0.3, -0.25) is 0 Å². The molecule has 1 rings (SSSR count). The van der Waals surface area contributed by atoms with E-state index in [-0.39, 0.29) is 4.90 Å². The summed E-state index contributed by atoms with van der Waals surface area (Å²) < 4.78 is 22.7. The first-order valence-corrected chi connectivity index (χ1v) is 5.95. The summed E-state index contributed by atoms with van der Waals surface area (Å²) in [6.07, 6.45) is 1.46. The van der Waals surface area contributed by atoms with Crippen LogP contribution in [-0.2, 0) is 9.84 Å². The predicted octanol–water partition coefficient (Wildman–Crippen LogP) is 1.31. The molecule has 4 heteroatoms. The number of aliphatic hydroxyl groups is 1. The van der Waals surface area contributed by atoms with E-state index in [9.17, 15) is 13.5 Å². The van der Waals surface area contributed by atoms with Crippen LogP contribution in [0.5, 0.6) is 0 Å². The minimum absolute atomic E-state index is 0.146. The molecule has 1 unspecified atom stereocenters. The fourth-order valence-corrected chi connectivity index (χ4v) is 2.13. The summed E-state index contributed by atoms with van der Waals surface area (Å²) in [5, 5.41) is 9.49. The molecular weight excluding hydrogens is 200 g/mol. The molecule has 3 nitrogen and oxygen atoms in total. The zero-order chi connectivity index (χ0) is 10.8. The maximum Gasteiger partial charge on any atom is 0.175 e. The monoisotopic (exact) mass is 212 g/mol. The maximum absolute atomic E-state index is 11.3. The van der Waals surface area contributed by atoms with Crippen LogP contribution in [-0.4, -0.2) is 19.8 Å². The van der Waals surface area contributed by atoms with Crippen LogP contribution in [0.1, 0.15) is 11.7 Å². The normalized spacial score (nSPS) is 13.6. The lowest BCUT2D eigenvalue weighted by Gasteiger charge is -2.10. The zero-order valence-electron chi connectivity index (χ0n) is 7.84. The van der Waals surface area contributed by atoms with Gasteiger partial charge in [0.2, 0.25) is 0 Å². The smallest absolute Gasteiger partial charge is 0.175 e. The van der Waals surface area contributed by atoms with Crippen LogP contribution in [0, 0.1) is 0 Å². The van der Waals surface area contributed by atoms with E-state index >= 15 is 0 Å². The van der Waals surface area contributed by atoms with Gasteiger partial charge in [0.15, 0.2) is 9.84 Å². The topological polar surface area (TPSA) is 54.4 Å². The van der Waals surface area contributed by atoms with Crippen molar-refractivity contribution in [2.24, 2.45) is 0 Å². The molecule has 1 aromatic rings. The minimum Gasteiger partial charge on any atom is -0.384 e. The van der Waals surface area contributed by atoms with Crippen LogP contribution < -0.4 is 0 Å². The van der Waals surface area contributed by atoms with Gasteiger partial charge in [0.1, 0.15) is 0 Å². The highest BCUT2D eigenvalue weighted by atomic mass is 32.2. The number of aliphatic hydroxyl groups excluding tert-OH is 1. The Morgan fingerprint density at radius 2 is 2.00 bits per heavy atom. The molecule has 0 bridgehead atoms. The Labute approximate surface area is 83.6 Å². The Kier molecular flexibility index (Phi) is 3.08.